The Bertz CT molecular complexity index is 1410. The summed E-state index contributed by atoms with van der Waals surface area (Å²) in [5.41, 5.74) is 2.73. The van der Waals surface area contributed by atoms with E-state index < -0.39 is 29.3 Å². The number of aryl methyl sites for hydroxylation is 1. The highest BCUT2D eigenvalue weighted by Crippen LogP contribution is 2.40. The number of alkyl halides is 6. The molecule has 0 bridgehead atoms. The van der Waals surface area contributed by atoms with Crippen molar-refractivity contribution in [1.82, 2.24) is 20.2 Å². The molecule has 11 heteroatoms. The molecule has 1 unspecified atom stereocenters. The molecular weight excluding hydrogens is 594 g/mol. The predicted molar refractivity (Wildman–Crippen MR) is 160 cm³/mol. The van der Waals surface area contributed by atoms with Crippen molar-refractivity contribution in [2.75, 3.05) is 19.6 Å². The normalized spacial score (nSPS) is 20.4. The Balaban J connectivity index is 1.53. The zero-order chi connectivity index (χ0) is 32.4. The first kappa shape index (κ1) is 32.8. The molecule has 0 saturated carbocycles. The lowest BCUT2D eigenvalue weighted by molar-refractivity contribution is -0.143. The van der Waals surface area contributed by atoms with Crippen LogP contribution < -0.4 is 5.43 Å². The molecule has 242 valence electrons. The predicted octanol–water partition coefficient (Wildman–Crippen LogP) is 8.29. The molecule has 1 atom stereocenters. The van der Waals surface area contributed by atoms with E-state index in [0.717, 1.165) is 30.5 Å². The highest BCUT2D eigenvalue weighted by Gasteiger charge is 2.53. The summed E-state index contributed by atoms with van der Waals surface area (Å²) in [6.45, 7) is 5.71. The van der Waals surface area contributed by atoms with Gasteiger partial charge in [0.25, 0.3) is 0 Å². The van der Waals surface area contributed by atoms with Crippen LogP contribution in [0.4, 0.5) is 31.1 Å². The zero-order valence-electron chi connectivity index (χ0n) is 25.3. The first-order valence-corrected chi connectivity index (χ1v) is 15.3. The van der Waals surface area contributed by atoms with Gasteiger partial charge in [0.1, 0.15) is 0 Å². The smallest absolute Gasteiger partial charge is 0.286 e. The molecule has 1 N–H and O–H groups in total. The maximum absolute atomic E-state index is 14.0. The van der Waals surface area contributed by atoms with E-state index in [1.165, 1.54) is 5.56 Å². The third-order valence-electron chi connectivity index (χ3n) is 8.65. The van der Waals surface area contributed by atoms with Crippen molar-refractivity contribution in [1.29, 1.82) is 0 Å². The van der Waals surface area contributed by atoms with Gasteiger partial charge in [-0.3, -0.25) is 14.8 Å². The minimum Gasteiger partial charge on any atom is -0.286 e. The third-order valence-corrected chi connectivity index (χ3v) is 8.65. The molecule has 3 aromatic carbocycles. The van der Waals surface area contributed by atoms with Gasteiger partial charge < -0.3 is 0 Å². The monoisotopic (exact) mass is 632 g/mol. The molecule has 2 aliphatic heterocycles. The second-order valence-corrected chi connectivity index (χ2v) is 12.4. The Kier molecular flexibility index (Phi) is 9.51. The van der Waals surface area contributed by atoms with Crippen LogP contribution in [0.3, 0.4) is 0 Å². The maximum atomic E-state index is 14.0. The Hall–Kier alpha value is -3.57. The first-order valence-electron chi connectivity index (χ1n) is 15.3. The summed E-state index contributed by atoms with van der Waals surface area (Å²) in [6, 6.07) is 21.0. The average molecular weight is 633 g/mol. The van der Waals surface area contributed by atoms with Gasteiger partial charge in [0.05, 0.1) is 17.7 Å². The third kappa shape index (κ3) is 7.47. The van der Waals surface area contributed by atoms with Crippen LogP contribution in [0.1, 0.15) is 66.8 Å². The van der Waals surface area contributed by atoms with E-state index in [9.17, 15) is 31.1 Å². The molecule has 5 rings (SSSR count). The lowest BCUT2D eigenvalue weighted by atomic mass is 9.88. The summed E-state index contributed by atoms with van der Waals surface area (Å²) in [4.78, 5) is 17.9. The molecule has 0 radical (unpaired) electrons. The largest absolute Gasteiger partial charge is 0.416 e. The number of carbonyl (C=O) groups excluding carboxylic acids is 1. The van der Waals surface area contributed by atoms with Crippen molar-refractivity contribution < 1.29 is 31.1 Å². The Morgan fingerprint density at radius 3 is 1.91 bits per heavy atom. The fourth-order valence-electron chi connectivity index (χ4n) is 6.46. The van der Waals surface area contributed by atoms with Gasteiger partial charge in [-0.25, -0.2) is 4.79 Å². The molecule has 3 aromatic rings. The molecule has 0 aliphatic carbocycles. The zero-order valence-corrected chi connectivity index (χ0v) is 25.3. The standard InChI is InChI=1S/C34H38F6N4O/c1-24(2)22-44-31(45)43(23-25-9-5-3-6-10-25)32(41-44,42-17-14-28(15-18-42)27-11-7-4-8-12-27)16-13-26-19-29(33(35,36)37)21-30(20-26)34(38,39)40/h3-12,19-21,24,28,41H,13-18,22-23H2,1-2H3. The molecule has 2 aliphatic rings. The van der Waals surface area contributed by atoms with Crippen LogP contribution >= 0.6 is 0 Å². The average Bonchev–Trinajstić information content (AvgIpc) is 3.26. The molecule has 2 amide bonds. The number of nitrogens with one attached hydrogen (secondary N) is 1. The number of hydrogen-bond donors (Lipinski definition) is 1. The van der Waals surface area contributed by atoms with Crippen molar-refractivity contribution >= 4 is 6.03 Å². The van der Waals surface area contributed by atoms with Crippen LogP contribution in [-0.2, 0) is 25.3 Å². The fraction of sp³-hybridized carbons (Fsp3) is 0.441. The van der Waals surface area contributed by atoms with Gasteiger partial charge in [-0.1, -0.05) is 74.5 Å². The van der Waals surface area contributed by atoms with Gasteiger partial charge in [0.2, 0.25) is 0 Å². The molecule has 5 nitrogen and oxygen atoms in total. The van der Waals surface area contributed by atoms with E-state index in [0.29, 0.717) is 25.6 Å². The number of nitrogens with zero attached hydrogens (tertiary/aromatic N) is 3. The number of hydrazine groups is 1. The topological polar surface area (TPSA) is 38.8 Å². The number of benzene rings is 3. The summed E-state index contributed by atoms with van der Waals surface area (Å²) < 4.78 is 82.2. The van der Waals surface area contributed by atoms with E-state index in [-0.39, 0.29) is 43.0 Å². The van der Waals surface area contributed by atoms with Crippen molar-refractivity contribution in [2.24, 2.45) is 5.92 Å². The Morgan fingerprint density at radius 1 is 0.822 bits per heavy atom. The van der Waals surface area contributed by atoms with Crippen molar-refractivity contribution in [2.45, 2.75) is 70.1 Å². The SMILES string of the molecule is CC(C)CN1NC(CCc2cc(C(F)(F)F)cc(C(F)(F)F)c2)(N2CCC(c3ccccc3)CC2)N(Cc2ccccc2)C1=O. The van der Waals surface area contributed by atoms with Crippen LogP contribution in [0.2, 0.25) is 0 Å². The van der Waals surface area contributed by atoms with Gasteiger partial charge >= 0.3 is 18.4 Å². The highest BCUT2D eigenvalue weighted by molar-refractivity contribution is 5.77. The van der Waals surface area contributed by atoms with Gasteiger partial charge in [0.15, 0.2) is 5.79 Å². The van der Waals surface area contributed by atoms with E-state index in [2.05, 4.69) is 22.5 Å². The van der Waals surface area contributed by atoms with Crippen LogP contribution in [0.5, 0.6) is 0 Å². The minimum absolute atomic E-state index is 0.0782. The van der Waals surface area contributed by atoms with E-state index in [4.69, 9.17) is 0 Å². The van der Waals surface area contributed by atoms with Gasteiger partial charge in [0, 0.05) is 26.1 Å². The second kappa shape index (κ2) is 13.0. The molecule has 2 fully saturated rings. The first-order chi connectivity index (χ1) is 21.3. The van der Waals surface area contributed by atoms with Gasteiger partial charge in [-0.15, -0.1) is 0 Å². The number of piperidine rings is 1. The minimum atomic E-state index is -4.94. The molecular formula is C34H38F6N4O. The number of likely N-dealkylation sites (tertiary alicyclic amines) is 1. The van der Waals surface area contributed by atoms with Gasteiger partial charge in [-0.05, 0) is 66.0 Å². The second-order valence-electron chi connectivity index (χ2n) is 12.4. The molecule has 2 saturated heterocycles. The van der Waals surface area contributed by atoms with Crippen molar-refractivity contribution in [3.05, 3.63) is 107 Å². The number of hydrogen-bond acceptors (Lipinski definition) is 3. The molecule has 0 spiro atoms. The summed E-state index contributed by atoms with van der Waals surface area (Å²) >= 11 is 0. The van der Waals surface area contributed by atoms with E-state index in [1.807, 2.05) is 62.4 Å². The summed E-state index contributed by atoms with van der Waals surface area (Å²) in [5.74, 6) is -0.767. The van der Waals surface area contributed by atoms with Crippen LogP contribution in [0.25, 0.3) is 0 Å². The lowest BCUT2D eigenvalue weighted by Crippen LogP contribution is -2.66. The van der Waals surface area contributed by atoms with Crippen molar-refractivity contribution in [3.63, 3.8) is 0 Å². The van der Waals surface area contributed by atoms with E-state index in [1.54, 1.807) is 9.91 Å². The van der Waals surface area contributed by atoms with E-state index >= 15 is 0 Å². The number of carbonyl (C=O) groups is 1. The number of urea groups is 1. The van der Waals surface area contributed by atoms with Crippen molar-refractivity contribution in [3.8, 4) is 0 Å². The molecule has 0 aromatic heterocycles. The maximum Gasteiger partial charge on any atom is 0.416 e. The molecule has 2 heterocycles. The Morgan fingerprint density at radius 2 is 1.38 bits per heavy atom. The number of amides is 2. The summed E-state index contributed by atoms with van der Waals surface area (Å²) in [7, 11) is 0. The fourth-order valence-corrected chi connectivity index (χ4v) is 6.46. The van der Waals surface area contributed by atoms with Crippen LogP contribution in [0, 0.1) is 5.92 Å². The Labute approximate surface area is 259 Å². The van der Waals surface area contributed by atoms with Gasteiger partial charge in [-0.2, -0.15) is 31.8 Å². The lowest BCUT2D eigenvalue weighted by Gasteiger charge is -2.48. The quantitative estimate of drug-likeness (QED) is 0.241. The summed E-state index contributed by atoms with van der Waals surface area (Å²) in [6.07, 6.45) is -8.36. The number of halogens is 6. The summed E-state index contributed by atoms with van der Waals surface area (Å²) in [5, 5.41) is 1.55. The molecule has 45 heavy (non-hydrogen) atoms. The number of rotatable bonds is 9. The van der Waals surface area contributed by atoms with Crippen LogP contribution in [-0.4, -0.2) is 46.3 Å². The van der Waals surface area contributed by atoms with Crippen LogP contribution in [0.15, 0.2) is 78.9 Å². The highest BCUT2D eigenvalue weighted by atomic mass is 19.4.